The number of aromatic nitrogens is 2. The van der Waals surface area contributed by atoms with Crippen LogP contribution in [0.3, 0.4) is 0 Å². The second kappa shape index (κ2) is 7.19. The lowest BCUT2D eigenvalue weighted by molar-refractivity contribution is 0.0984. The van der Waals surface area contributed by atoms with E-state index in [1.165, 1.54) is 5.56 Å². The summed E-state index contributed by atoms with van der Waals surface area (Å²) in [6, 6.07) is 9.65. The fraction of sp³-hybridized carbons (Fsp3) is 0.353. The number of hydrogen-bond donors (Lipinski definition) is 1. The first-order chi connectivity index (χ1) is 11.3. The molecule has 0 radical (unpaired) electrons. The lowest BCUT2D eigenvalue weighted by Gasteiger charge is -2.17. The van der Waals surface area contributed by atoms with E-state index in [1.807, 2.05) is 18.2 Å². The van der Waals surface area contributed by atoms with Gasteiger partial charge in [-0.3, -0.25) is 4.79 Å². The van der Waals surface area contributed by atoms with E-state index >= 15 is 0 Å². The monoisotopic (exact) mass is 312 g/mol. The molecule has 1 aliphatic rings. The number of anilines is 2. The Labute approximate surface area is 135 Å². The number of carbonyl (C=O) groups excluding carboxylic acids is 1. The summed E-state index contributed by atoms with van der Waals surface area (Å²) in [6.07, 6.45) is 3.35. The normalized spacial score (nSPS) is 13.0. The van der Waals surface area contributed by atoms with Crippen LogP contribution in [-0.4, -0.2) is 42.7 Å². The molecule has 23 heavy (non-hydrogen) atoms. The summed E-state index contributed by atoms with van der Waals surface area (Å²) in [5, 5.41) is 3.11. The lowest BCUT2D eigenvalue weighted by atomic mass is 10.2. The summed E-state index contributed by atoms with van der Waals surface area (Å²) in [5.74, 6) is 0.386. The van der Waals surface area contributed by atoms with E-state index in [4.69, 9.17) is 4.74 Å². The van der Waals surface area contributed by atoms with Crippen molar-refractivity contribution in [2.24, 2.45) is 0 Å². The van der Waals surface area contributed by atoms with E-state index in [0.29, 0.717) is 31.3 Å². The van der Waals surface area contributed by atoms with Crippen LogP contribution in [0.4, 0.5) is 11.6 Å². The number of methoxy groups -OCH3 is 1. The van der Waals surface area contributed by atoms with Gasteiger partial charge in [0, 0.05) is 38.7 Å². The van der Waals surface area contributed by atoms with E-state index in [9.17, 15) is 4.79 Å². The zero-order valence-electron chi connectivity index (χ0n) is 13.2. The number of benzene rings is 1. The fourth-order valence-corrected chi connectivity index (χ4v) is 2.67. The molecular weight excluding hydrogens is 292 g/mol. The van der Waals surface area contributed by atoms with Crippen molar-refractivity contribution in [2.45, 2.75) is 12.8 Å². The molecule has 6 nitrogen and oxygen atoms in total. The number of hydrogen-bond acceptors (Lipinski definition) is 5. The quantitative estimate of drug-likeness (QED) is 0.828. The number of para-hydroxylation sites is 1. The molecule has 2 aromatic rings. The van der Waals surface area contributed by atoms with Crippen LogP contribution in [0.2, 0.25) is 0 Å². The number of nitrogens with one attached hydrogen (secondary N) is 1. The third-order valence-electron chi connectivity index (χ3n) is 3.82. The minimum atomic E-state index is -0.0858. The molecule has 0 fully saturated rings. The number of amides is 1. The molecule has 3 rings (SSSR count). The van der Waals surface area contributed by atoms with E-state index < -0.39 is 0 Å². The second-order valence-electron chi connectivity index (χ2n) is 5.37. The van der Waals surface area contributed by atoms with Crippen molar-refractivity contribution < 1.29 is 9.53 Å². The van der Waals surface area contributed by atoms with Crippen molar-refractivity contribution >= 4 is 17.5 Å². The van der Waals surface area contributed by atoms with Gasteiger partial charge in [-0.25, -0.2) is 9.97 Å². The highest BCUT2D eigenvalue weighted by Crippen LogP contribution is 2.28. The Morgan fingerprint density at radius 2 is 2.22 bits per heavy atom. The van der Waals surface area contributed by atoms with Gasteiger partial charge in [0.1, 0.15) is 5.69 Å². The predicted octanol–water partition coefficient (Wildman–Crippen LogP) is 2.13. The van der Waals surface area contributed by atoms with Gasteiger partial charge in [-0.05, 0) is 30.5 Å². The van der Waals surface area contributed by atoms with Gasteiger partial charge in [-0.15, -0.1) is 0 Å². The van der Waals surface area contributed by atoms with Crippen LogP contribution in [0.15, 0.2) is 36.5 Å². The third-order valence-corrected chi connectivity index (χ3v) is 3.82. The Balaban J connectivity index is 1.71. The van der Waals surface area contributed by atoms with Crippen molar-refractivity contribution in [3.05, 3.63) is 47.8 Å². The first-order valence-corrected chi connectivity index (χ1v) is 7.75. The Morgan fingerprint density at radius 1 is 1.35 bits per heavy atom. The average Bonchev–Trinajstić information content (AvgIpc) is 3.02. The standard InChI is InChI=1S/C17H20N4O2/c1-23-12-4-9-18-17-19-10-7-14(20-17)16(22)21-11-8-13-5-2-3-6-15(13)21/h2-3,5-7,10H,4,8-9,11-12H2,1H3,(H,18,19,20). The third kappa shape index (κ3) is 3.48. The first-order valence-electron chi connectivity index (χ1n) is 7.75. The summed E-state index contributed by atoms with van der Waals surface area (Å²) < 4.78 is 5.00. The molecule has 1 aliphatic heterocycles. The SMILES string of the molecule is COCCCNc1nccc(C(=O)N2CCc3ccccc32)n1. The summed E-state index contributed by atoms with van der Waals surface area (Å²) in [4.78, 5) is 23.0. The van der Waals surface area contributed by atoms with Crippen LogP contribution in [0, 0.1) is 0 Å². The largest absolute Gasteiger partial charge is 0.385 e. The number of carbonyl (C=O) groups is 1. The molecule has 0 saturated carbocycles. The van der Waals surface area contributed by atoms with E-state index in [0.717, 1.165) is 18.5 Å². The van der Waals surface area contributed by atoms with Gasteiger partial charge in [-0.2, -0.15) is 0 Å². The van der Waals surface area contributed by atoms with E-state index in [2.05, 4.69) is 21.4 Å². The van der Waals surface area contributed by atoms with Gasteiger partial charge in [-0.1, -0.05) is 18.2 Å². The van der Waals surface area contributed by atoms with Crippen molar-refractivity contribution in [3.63, 3.8) is 0 Å². The van der Waals surface area contributed by atoms with Gasteiger partial charge >= 0.3 is 0 Å². The van der Waals surface area contributed by atoms with Crippen LogP contribution in [0.1, 0.15) is 22.5 Å². The van der Waals surface area contributed by atoms with Gasteiger partial charge in [0.25, 0.3) is 5.91 Å². The topological polar surface area (TPSA) is 67.3 Å². The molecule has 0 atom stereocenters. The smallest absolute Gasteiger partial charge is 0.277 e. The molecule has 1 aromatic carbocycles. The van der Waals surface area contributed by atoms with Crippen LogP contribution in [-0.2, 0) is 11.2 Å². The molecule has 0 unspecified atom stereocenters. The lowest BCUT2D eigenvalue weighted by Crippen LogP contribution is -2.29. The predicted molar refractivity (Wildman–Crippen MR) is 88.8 cm³/mol. The number of nitrogens with zero attached hydrogens (tertiary/aromatic N) is 3. The molecule has 6 heteroatoms. The van der Waals surface area contributed by atoms with E-state index in [1.54, 1.807) is 24.3 Å². The summed E-state index contributed by atoms with van der Waals surface area (Å²) in [5.41, 5.74) is 2.59. The Kier molecular flexibility index (Phi) is 4.83. The Hall–Kier alpha value is -2.47. The van der Waals surface area contributed by atoms with Crippen LogP contribution >= 0.6 is 0 Å². The maximum Gasteiger partial charge on any atom is 0.277 e. The summed E-state index contributed by atoms with van der Waals surface area (Å²) >= 11 is 0. The summed E-state index contributed by atoms with van der Waals surface area (Å²) in [7, 11) is 1.67. The molecule has 2 heterocycles. The highest BCUT2D eigenvalue weighted by Gasteiger charge is 2.26. The molecule has 0 bridgehead atoms. The average molecular weight is 312 g/mol. The highest BCUT2D eigenvalue weighted by atomic mass is 16.5. The van der Waals surface area contributed by atoms with Gasteiger partial charge in [0.15, 0.2) is 0 Å². The second-order valence-corrected chi connectivity index (χ2v) is 5.37. The number of fused-ring (bicyclic) bond motifs is 1. The molecule has 1 N–H and O–H groups in total. The fourth-order valence-electron chi connectivity index (χ4n) is 2.67. The molecule has 1 aromatic heterocycles. The van der Waals surface area contributed by atoms with Crippen LogP contribution in [0.25, 0.3) is 0 Å². The van der Waals surface area contributed by atoms with Crippen molar-refractivity contribution in [1.82, 2.24) is 9.97 Å². The number of rotatable bonds is 6. The Bertz CT molecular complexity index is 690. The van der Waals surface area contributed by atoms with Crippen molar-refractivity contribution in [3.8, 4) is 0 Å². The molecule has 120 valence electrons. The number of ether oxygens (including phenoxy) is 1. The molecular formula is C17H20N4O2. The molecule has 0 saturated heterocycles. The van der Waals surface area contributed by atoms with Crippen molar-refractivity contribution in [1.29, 1.82) is 0 Å². The molecule has 0 spiro atoms. The van der Waals surface area contributed by atoms with Gasteiger partial charge in [0.05, 0.1) is 0 Å². The van der Waals surface area contributed by atoms with Gasteiger partial charge in [0.2, 0.25) is 5.95 Å². The minimum absolute atomic E-state index is 0.0858. The van der Waals surface area contributed by atoms with E-state index in [-0.39, 0.29) is 5.91 Å². The zero-order chi connectivity index (χ0) is 16.1. The van der Waals surface area contributed by atoms with Crippen LogP contribution < -0.4 is 10.2 Å². The zero-order valence-corrected chi connectivity index (χ0v) is 13.2. The highest BCUT2D eigenvalue weighted by molar-refractivity contribution is 6.06. The minimum Gasteiger partial charge on any atom is -0.385 e. The maximum absolute atomic E-state index is 12.7. The first kappa shape index (κ1) is 15.4. The Morgan fingerprint density at radius 3 is 3.09 bits per heavy atom. The van der Waals surface area contributed by atoms with Crippen LogP contribution in [0.5, 0.6) is 0 Å². The molecule has 1 amide bonds. The van der Waals surface area contributed by atoms with Gasteiger partial charge < -0.3 is 15.0 Å². The van der Waals surface area contributed by atoms with Crippen molar-refractivity contribution in [2.75, 3.05) is 37.0 Å². The summed E-state index contributed by atoms with van der Waals surface area (Å²) in [6.45, 7) is 2.08. The molecule has 0 aliphatic carbocycles. The maximum atomic E-state index is 12.7.